The van der Waals surface area contributed by atoms with Gasteiger partial charge in [0, 0.05) is 12.7 Å². The molecule has 1 N–H and O–H groups in total. The van der Waals surface area contributed by atoms with E-state index >= 15 is 0 Å². The van der Waals surface area contributed by atoms with Gasteiger partial charge in [0.2, 0.25) is 5.91 Å². The zero-order valence-electron chi connectivity index (χ0n) is 12.3. The number of rotatable bonds is 5. The molecule has 0 atom stereocenters. The normalized spacial score (nSPS) is 10.5. The first-order valence-corrected chi connectivity index (χ1v) is 8.08. The largest absolute Gasteiger partial charge is 0.352 e. The molecule has 0 fully saturated rings. The van der Waals surface area contributed by atoms with Crippen LogP contribution in [0.25, 0.3) is 10.6 Å². The van der Waals surface area contributed by atoms with Crippen LogP contribution >= 0.6 is 11.3 Å². The van der Waals surface area contributed by atoms with Gasteiger partial charge < -0.3 is 5.32 Å². The predicted octanol–water partition coefficient (Wildman–Crippen LogP) is 3.81. The van der Waals surface area contributed by atoms with Crippen LogP contribution in [0.4, 0.5) is 4.39 Å². The van der Waals surface area contributed by atoms with Crippen LogP contribution in [0.15, 0.2) is 60.1 Å². The van der Waals surface area contributed by atoms with Gasteiger partial charge in [-0.15, -0.1) is 11.3 Å². The van der Waals surface area contributed by atoms with E-state index in [4.69, 9.17) is 0 Å². The maximum atomic E-state index is 12.8. The fourth-order valence-corrected chi connectivity index (χ4v) is 2.89. The number of amides is 1. The zero-order valence-corrected chi connectivity index (χ0v) is 13.1. The Morgan fingerprint density at radius 2 is 1.96 bits per heavy atom. The van der Waals surface area contributed by atoms with E-state index in [2.05, 4.69) is 10.3 Å². The highest BCUT2D eigenvalue weighted by molar-refractivity contribution is 7.13. The third kappa shape index (κ3) is 4.23. The first-order valence-electron chi connectivity index (χ1n) is 7.21. The molecule has 0 aliphatic rings. The Hall–Kier alpha value is -2.53. The predicted molar refractivity (Wildman–Crippen MR) is 89.5 cm³/mol. The molecule has 0 saturated heterocycles. The highest BCUT2D eigenvalue weighted by Gasteiger charge is 2.05. The average Bonchev–Trinajstić information content (AvgIpc) is 3.10. The van der Waals surface area contributed by atoms with Gasteiger partial charge in [-0.2, -0.15) is 0 Å². The maximum absolute atomic E-state index is 12.8. The molecule has 3 nitrogen and oxygen atoms in total. The average molecular weight is 326 g/mol. The van der Waals surface area contributed by atoms with E-state index in [1.807, 2.05) is 29.6 Å². The molecule has 3 aromatic rings. The summed E-state index contributed by atoms with van der Waals surface area (Å²) in [6.45, 7) is 0.445. The number of carbonyl (C=O) groups excluding carboxylic acids is 1. The number of carbonyl (C=O) groups is 1. The second-order valence-electron chi connectivity index (χ2n) is 5.11. The van der Waals surface area contributed by atoms with Crippen molar-refractivity contribution in [3.63, 3.8) is 0 Å². The van der Waals surface area contributed by atoms with E-state index in [0.29, 0.717) is 6.54 Å². The van der Waals surface area contributed by atoms with Gasteiger partial charge in [-0.25, -0.2) is 4.39 Å². The van der Waals surface area contributed by atoms with Crippen LogP contribution in [0.2, 0.25) is 0 Å². The minimum atomic E-state index is -0.299. The molecule has 1 amide bonds. The molecular formula is C18H15FN2OS. The monoisotopic (exact) mass is 326 g/mol. The molecule has 0 aliphatic heterocycles. The minimum Gasteiger partial charge on any atom is -0.352 e. The van der Waals surface area contributed by atoms with Crippen molar-refractivity contribution < 1.29 is 9.18 Å². The molecule has 3 rings (SSSR count). The molecule has 2 heterocycles. The molecular weight excluding hydrogens is 311 g/mol. The molecule has 5 heteroatoms. The summed E-state index contributed by atoms with van der Waals surface area (Å²) in [5.41, 5.74) is 2.69. The summed E-state index contributed by atoms with van der Waals surface area (Å²) in [5.74, 6) is -0.391. The van der Waals surface area contributed by atoms with Gasteiger partial charge >= 0.3 is 0 Å². The molecule has 0 aliphatic carbocycles. The molecule has 0 spiro atoms. The van der Waals surface area contributed by atoms with Crippen molar-refractivity contribution in [2.75, 3.05) is 0 Å². The number of pyridine rings is 1. The topological polar surface area (TPSA) is 42.0 Å². The Balaban J connectivity index is 1.58. The number of benzene rings is 1. The highest BCUT2D eigenvalue weighted by Crippen LogP contribution is 2.22. The lowest BCUT2D eigenvalue weighted by atomic mass is 10.1. The van der Waals surface area contributed by atoms with E-state index in [-0.39, 0.29) is 18.1 Å². The molecule has 0 saturated carbocycles. The Morgan fingerprint density at radius 3 is 2.70 bits per heavy atom. The second-order valence-corrected chi connectivity index (χ2v) is 6.05. The molecule has 116 valence electrons. The molecule has 0 bridgehead atoms. The Bertz CT molecular complexity index is 785. The van der Waals surface area contributed by atoms with Crippen LogP contribution in [-0.2, 0) is 17.8 Å². The summed E-state index contributed by atoms with van der Waals surface area (Å²) in [4.78, 5) is 17.4. The van der Waals surface area contributed by atoms with E-state index in [9.17, 15) is 9.18 Å². The van der Waals surface area contributed by atoms with Gasteiger partial charge in [-0.1, -0.05) is 18.2 Å². The number of hydrogen-bond acceptors (Lipinski definition) is 3. The standard InChI is InChI=1S/C18H15FN2OS/c19-15-5-3-13(4-6-15)11-18(22)21-12-14-7-8-20-16(10-14)17-2-1-9-23-17/h1-10H,11-12H2,(H,21,22). The van der Waals surface area contributed by atoms with Gasteiger partial charge in [0.25, 0.3) is 0 Å². The minimum absolute atomic E-state index is 0.0916. The van der Waals surface area contributed by atoms with Gasteiger partial charge in [0.05, 0.1) is 17.0 Å². The summed E-state index contributed by atoms with van der Waals surface area (Å²) < 4.78 is 12.8. The lowest BCUT2D eigenvalue weighted by molar-refractivity contribution is -0.120. The van der Waals surface area contributed by atoms with E-state index < -0.39 is 0 Å². The summed E-state index contributed by atoms with van der Waals surface area (Å²) >= 11 is 1.63. The van der Waals surface area contributed by atoms with Gasteiger partial charge in [0.15, 0.2) is 0 Å². The number of nitrogens with zero attached hydrogens (tertiary/aromatic N) is 1. The number of aromatic nitrogens is 1. The fraction of sp³-hybridized carbons (Fsp3) is 0.111. The second kappa shape index (κ2) is 7.15. The van der Waals surface area contributed by atoms with Crippen LogP contribution in [-0.4, -0.2) is 10.9 Å². The number of thiophene rings is 1. The van der Waals surface area contributed by atoms with E-state index in [1.165, 1.54) is 12.1 Å². The van der Waals surface area contributed by atoms with Crippen LogP contribution in [0.5, 0.6) is 0 Å². The van der Waals surface area contributed by atoms with Crippen LogP contribution in [0.3, 0.4) is 0 Å². The first-order chi connectivity index (χ1) is 11.2. The van der Waals surface area contributed by atoms with E-state index in [1.54, 1.807) is 29.7 Å². The Morgan fingerprint density at radius 1 is 1.13 bits per heavy atom. The van der Waals surface area contributed by atoms with E-state index in [0.717, 1.165) is 21.7 Å². The Labute approximate surface area is 137 Å². The third-order valence-corrected chi connectivity index (χ3v) is 4.26. The van der Waals surface area contributed by atoms with Gasteiger partial charge in [0.1, 0.15) is 5.82 Å². The smallest absolute Gasteiger partial charge is 0.224 e. The van der Waals surface area contributed by atoms with Crippen LogP contribution in [0, 0.1) is 5.82 Å². The summed E-state index contributed by atoms with van der Waals surface area (Å²) in [6.07, 6.45) is 1.99. The summed E-state index contributed by atoms with van der Waals surface area (Å²) in [5, 5.41) is 4.89. The summed E-state index contributed by atoms with van der Waals surface area (Å²) in [7, 11) is 0. The first kappa shape index (κ1) is 15.4. The van der Waals surface area contributed by atoms with Crippen LogP contribution in [0.1, 0.15) is 11.1 Å². The lowest BCUT2D eigenvalue weighted by Gasteiger charge is -2.07. The Kier molecular flexibility index (Phi) is 4.78. The lowest BCUT2D eigenvalue weighted by Crippen LogP contribution is -2.24. The molecule has 0 unspecified atom stereocenters. The molecule has 23 heavy (non-hydrogen) atoms. The molecule has 0 radical (unpaired) electrons. The van der Waals surface area contributed by atoms with Gasteiger partial charge in [-0.05, 0) is 46.8 Å². The fourth-order valence-electron chi connectivity index (χ4n) is 2.19. The van der Waals surface area contributed by atoms with Crippen molar-refractivity contribution in [1.82, 2.24) is 10.3 Å². The van der Waals surface area contributed by atoms with Crippen molar-refractivity contribution in [3.8, 4) is 10.6 Å². The van der Waals surface area contributed by atoms with Crippen molar-refractivity contribution in [3.05, 3.63) is 77.1 Å². The van der Waals surface area contributed by atoms with Crippen molar-refractivity contribution in [1.29, 1.82) is 0 Å². The summed E-state index contributed by atoms with van der Waals surface area (Å²) in [6, 6.07) is 13.8. The maximum Gasteiger partial charge on any atom is 0.224 e. The van der Waals surface area contributed by atoms with Crippen molar-refractivity contribution >= 4 is 17.2 Å². The molecule has 2 aromatic heterocycles. The quantitative estimate of drug-likeness (QED) is 0.775. The zero-order chi connectivity index (χ0) is 16.1. The SMILES string of the molecule is O=C(Cc1ccc(F)cc1)NCc1ccnc(-c2cccs2)c1. The molecule has 1 aromatic carbocycles. The third-order valence-electron chi connectivity index (χ3n) is 3.37. The van der Waals surface area contributed by atoms with Crippen LogP contribution < -0.4 is 5.32 Å². The van der Waals surface area contributed by atoms with Gasteiger partial charge in [-0.3, -0.25) is 9.78 Å². The number of hydrogen-bond donors (Lipinski definition) is 1. The number of nitrogens with one attached hydrogen (secondary N) is 1. The highest BCUT2D eigenvalue weighted by atomic mass is 32.1. The van der Waals surface area contributed by atoms with Crippen molar-refractivity contribution in [2.45, 2.75) is 13.0 Å². The van der Waals surface area contributed by atoms with Crippen molar-refractivity contribution in [2.24, 2.45) is 0 Å². The number of halogens is 1.